The Bertz CT molecular complexity index is 771. The number of hydrogen-bond donors (Lipinski definition) is 1. The Morgan fingerprint density at radius 2 is 1.81 bits per heavy atom. The van der Waals surface area contributed by atoms with Crippen molar-refractivity contribution in [3.05, 3.63) is 65.2 Å². The maximum Gasteiger partial charge on any atom is 0.146 e. The fourth-order valence-electron chi connectivity index (χ4n) is 2.70. The minimum Gasteiger partial charge on any atom is -0.459 e. The molecule has 108 valence electrons. The summed E-state index contributed by atoms with van der Waals surface area (Å²) in [5.74, 6) is 0.606. The van der Waals surface area contributed by atoms with Crippen molar-refractivity contribution in [3.63, 3.8) is 0 Å². The predicted molar refractivity (Wildman–Crippen MR) is 84.1 cm³/mol. The standard InChI is InChI=1S/C18H18FNO/c1-11-7-6-9-15(19)17(11)20-13(3)18-12(2)14-8-4-5-10-16(14)21-18/h4-10,13,20H,1-3H3. The van der Waals surface area contributed by atoms with Crippen LogP contribution in [0.2, 0.25) is 0 Å². The molecule has 0 aliphatic carbocycles. The zero-order chi connectivity index (χ0) is 15.0. The summed E-state index contributed by atoms with van der Waals surface area (Å²) in [5.41, 5.74) is 3.38. The van der Waals surface area contributed by atoms with E-state index in [-0.39, 0.29) is 11.9 Å². The number of rotatable bonds is 3. The quantitative estimate of drug-likeness (QED) is 0.699. The molecule has 1 heterocycles. The summed E-state index contributed by atoms with van der Waals surface area (Å²) in [5, 5.41) is 4.33. The Hall–Kier alpha value is -2.29. The van der Waals surface area contributed by atoms with Crippen molar-refractivity contribution in [3.8, 4) is 0 Å². The SMILES string of the molecule is Cc1cccc(F)c1NC(C)c1oc2ccccc2c1C. The first-order valence-electron chi connectivity index (χ1n) is 7.07. The van der Waals surface area contributed by atoms with Crippen molar-refractivity contribution in [1.82, 2.24) is 0 Å². The van der Waals surface area contributed by atoms with Crippen LogP contribution < -0.4 is 5.32 Å². The van der Waals surface area contributed by atoms with E-state index in [1.54, 1.807) is 6.07 Å². The van der Waals surface area contributed by atoms with Gasteiger partial charge in [0.05, 0.1) is 11.7 Å². The second kappa shape index (κ2) is 5.24. The fraction of sp³-hybridized carbons (Fsp3) is 0.222. The molecule has 1 aromatic heterocycles. The average molecular weight is 283 g/mol. The van der Waals surface area contributed by atoms with Crippen LogP contribution in [-0.2, 0) is 0 Å². The second-order valence-electron chi connectivity index (χ2n) is 5.39. The van der Waals surface area contributed by atoms with Crippen LogP contribution in [0.1, 0.15) is 29.9 Å². The normalized spacial score (nSPS) is 12.6. The lowest BCUT2D eigenvalue weighted by molar-refractivity contribution is 0.520. The molecule has 0 saturated heterocycles. The number of para-hydroxylation sites is 2. The Kier molecular flexibility index (Phi) is 3.42. The van der Waals surface area contributed by atoms with Crippen LogP contribution in [0, 0.1) is 19.7 Å². The topological polar surface area (TPSA) is 25.2 Å². The van der Waals surface area contributed by atoms with Gasteiger partial charge in [-0.15, -0.1) is 0 Å². The van der Waals surface area contributed by atoms with Gasteiger partial charge < -0.3 is 9.73 Å². The summed E-state index contributed by atoms with van der Waals surface area (Å²) in [6.07, 6.45) is 0. The van der Waals surface area contributed by atoms with Crippen molar-refractivity contribution in [2.24, 2.45) is 0 Å². The van der Waals surface area contributed by atoms with Crippen LogP contribution in [-0.4, -0.2) is 0 Å². The van der Waals surface area contributed by atoms with Crippen molar-refractivity contribution in [2.75, 3.05) is 5.32 Å². The molecule has 3 heteroatoms. The summed E-state index contributed by atoms with van der Waals surface area (Å²) in [7, 11) is 0. The van der Waals surface area contributed by atoms with Crippen molar-refractivity contribution in [2.45, 2.75) is 26.8 Å². The van der Waals surface area contributed by atoms with Gasteiger partial charge in [-0.25, -0.2) is 4.39 Å². The Morgan fingerprint density at radius 1 is 1.05 bits per heavy atom. The van der Waals surface area contributed by atoms with Gasteiger partial charge in [0.15, 0.2) is 0 Å². The summed E-state index contributed by atoms with van der Waals surface area (Å²) in [4.78, 5) is 0. The van der Waals surface area contributed by atoms with Crippen LogP contribution in [0.3, 0.4) is 0 Å². The van der Waals surface area contributed by atoms with Gasteiger partial charge in [0, 0.05) is 10.9 Å². The zero-order valence-corrected chi connectivity index (χ0v) is 12.4. The van der Waals surface area contributed by atoms with E-state index in [0.29, 0.717) is 5.69 Å². The average Bonchev–Trinajstić information content (AvgIpc) is 2.81. The molecule has 0 aliphatic heterocycles. The molecule has 1 N–H and O–H groups in total. The molecular weight excluding hydrogens is 265 g/mol. The molecule has 0 aliphatic rings. The van der Waals surface area contributed by atoms with Gasteiger partial charge in [0.25, 0.3) is 0 Å². The highest BCUT2D eigenvalue weighted by atomic mass is 19.1. The second-order valence-corrected chi connectivity index (χ2v) is 5.39. The molecule has 0 amide bonds. The van der Waals surface area contributed by atoms with Crippen molar-refractivity contribution < 1.29 is 8.81 Å². The molecule has 1 atom stereocenters. The van der Waals surface area contributed by atoms with E-state index in [9.17, 15) is 4.39 Å². The first-order chi connectivity index (χ1) is 10.1. The first-order valence-corrected chi connectivity index (χ1v) is 7.07. The molecule has 0 radical (unpaired) electrons. The minimum absolute atomic E-state index is 0.104. The minimum atomic E-state index is -0.240. The Labute approximate surface area is 123 Å². The molecule has 2 nitrogen and oxygen atoms in total. The van der Waals surface area contributed by atoms with Gasteiger partial charge in [-0.05, 0) is 38.5 Å². The maximum absolute atomic E-state index is 13.9. The number of anilines is 1. The van der Waals surface area contributed by atoms with Gasteiger partial charge in [-0.1, -0.05) is 30.3 Å². The van der Waals surface area contributed by atoms with E-state index in [1.165, 1.54) is 6.07 Å². The third-order valence-corrected chi connectivity index (χ3v) is 3.86. The highest BCUT2D eigenvalue weighted by molar-refractivity contribution is 5.82. The molecule has 3 aromatic rings. The van der Waals surface area contributed by atoms with E-state index in [2.05, 4.69) is 5.32 Å². The third kappa shape index (κ3) is 2.40. The summed E-state index contributed by atoms with van der Waals surface area (Å²) in [6.45, 7) is 5.91. The van der Waals surface area contributed by atoms with E-state index in [0.717, 1.165) is 27.9 Å². The lowest BCUT2D eigenvalue weighted by Crippen LogP contribution is -2.09. The fourth-order valence-corrected chi connectivity index (χ4v) is 2.70. The van der Waals surface area contributed by atoms with Gasteiger partial charge in [-0.3, -0.25) is 0 Å². The number of furan rings is 1. The summed E-state index contributed by atoms with van der Waals surface area (Å²) >= 11 is 0. The molecule has 1 unspecified atom stereocenters. The third-order valence-electron chi connectivity index (χ3n) is 3.86. The molecule has 0 saturated carbocycles. The Balaban J connectivity index is 1.97. The number of halogens is 1. The molecule has 0 fully saturated rings. The number of nitrogens with one attached hydrogen (secondary N) is 1. The molecule has 0 bridgehead atoms. The van der Waals surface area contributed by atoms with E-state index in [1.807, 2.05) is 51.1 Å². The number of hydrogen-bond acceptors (Lipinski definition) is 2. The van der Waals surface area contributed by atoms with Gasteiger partial charge in [-0.2, -0.15) is 0 Å². The highest BCUT2D eigenvalue weighted by Gasteiger charge is 2.18. The van der Waals surface area contributed by atoms with Crippen LogP contribution in [0.5, 0.6) is 0 Å². The van der Waals surface area contributed by atoms with Gasteiger partial charge in [0.1, 0.15) is 17.2 Å². The van der Waals surface area contributed by atoms with Crippen LogP contribution in [0.15, 0.2) is 46.9 Å². The van der Waals surface area contributed by atoms with E-state index in [4.69, 9.17) is 4.42 Å². The largest absolute Gasteiger partial charge is 0.459 e. The van der Waals surface area contributed by atoms with Crippen LogP contribution in [0.25, 0.3) is 11.0 Å². The van der Waals surface area contributed by atoms with E-state index < -0.39 is 0 Å². The summed E-state index contributed by atoms with van der Waals surface area (Å²) < 4.78 is 19.9. The Morgan fingerprint density at radius 3 is 2.52 bits per heavy atom. The lowest BCUT2D eigenvalue weighted by atomic mass is 10.1. The molecule has 3 rings (SSSR count). The summed E-state index contributed by atoms with van der Waals surface area (Å²) in [6, 6.07) is 12.9. The molecular formula is C18H18FNO. The molecule has 0 spiro atoms. The van der Waals surface area contributed by atoms with Crippen molar-refractivity contribution in [1.29, 1.82) is 0 Å². The van der Waals surface area contributed by atoms with Gasteiger partial charge >= 0.3 is 0 Å². The molecule has 2 aromatic carbocycles. The number of aryl methyl sites for hydroxylation is 2. The molecule has 21 heavy (non-hydrogen) atoms. The van der Waals surface area contributed by atoms with E-state index >= 15 is 0 Å². The zero-order valence-electron chi connectivity index (χ0n) is 12.4. The highest BCUT2D eigenvalue weighted by Crippen LogP contribution is 2.32. The number of benzene rings is 2. The van der Waals surface area contributed by atoms with Crippen LogP contribution >= 0.6 is 0 Å². The predicted octanol–water partition coefficient (Wildman–Crippen LogP) is 5.36. The van der Waals surface area contributed by atoms with Crippen LogP contribution in [0.4, 0.5) is 10.1 Å². The van der Waals surface area contributed by atoms with Gasteiger partial charge in [0.2, 0.25) is 0 Å². The number of fused-ring (bicyclic) bond motifs is 1. The monoisotopic (exact) mass is 283 g/mol. The smallest absolute Gasteiger partial charge is 0.146 e. The maximum atomic E-state index is 13.9. The lowest BCUT2D eigenvalue weighted by Gasteiger charge is -2.16. The first kappa shape index (κ1) is 13.7. The van der Waals surface area contributed by atoms with Crippen molar-refractivity contribution >= 4 is 16.7 Å².